The molecule has 32 heavy (non-hydrogen) atoms. The van der Waals surface area contributed by atoms with Crippen LogP contribution in [-0.2, 0) is 4.74 Å². The van der Waals surface area contributed by atoms with E-state index in [1.807, 2.05) is 18.2 Å². The van der Waals surface area contributed by atoms with E-state index in [2.05, 4.69) is 30.1 Å². The number of amides is 1. The zero-order chi connectivity index (χ0) is 22.7. The van der Waals surface area contributed by atoms with Crippen molar-refractivity contribution in [2.75, 3.05) is 38.7 Å². The van der Waals surface area contributed by atoms with Gasteiger partial charge in [0.25, 0.3) is 5.91 Å². The Labute approximate surface area is 197 Å². The van der Waals surface area contributed by atoms with Gasteiger partial charge in [0.1, 0.15) is 10.8 Å². The molecule has 1 unspecified atom stereocenters. The third kappa shape index (κ3) is 4.84. The van der Waals surface area contributed by atoms with Gasteiger partial charge in [-0.05, 0) is 61.4 Å². The second-order valence-corrected chi connectivity index (χ2v) is 9.48. The lowest BCUT2D eigenvalue weighted by Crippen LogP contribution is -2.40. The van der Waals surface area contributed by atoms with E-state index in [-0.39, 0.29) is 11.9 Å². The van der Waals surface area contributed by atoms with Crippen LogP contribution in [0.5, 0.6) is 5.75 Å². The molecule has 1 aromatic heterocycles. The second kappa shape index (κ2) is 10.0. The van der Waals surface area contributed by atoms with Crippen molar-refractivity contribution >= 4 is 33.8 Å². The van der Waals surface area contributed by atoms with Gasteiger partial charge in [0.2, 0.25) is 0 Å². The molecule has 0 radical (unpaired) electrons. The first kappa shape index (κ1) is 22.8. The van der Waals surface area contributed by atoms with Crippen molar-refractivity contribution in [3.8, 4) is 5.75 Å². The highest BCUT2D eigenvalue weighted by Crippen LogP contribution is 2.43. The average Bonchev–Trinajstić information content (AvgIpc) is 3.08. The number of nitrogens with zero attached hydrogens (tertiary/aromatic N) is 1. The number of ether oxygens (including phenoxy) is 2. The Kier molecular flexibility index (Phi) is 7.16. The lowest BCUT2D eigenvalue weighted by Gasteiger charge is -2.35. The van der Waals surface area contributed by atoms with Crippen LogP contribution in [0.1, 0.15) is 38.0 Å². The monoisotopic (exact) mass is 470 g/mol. The van der Waals surface area contributed by atoms with Crippen LogP contribution in [0, 0.1) is 13.8 Å². The van der Waals surface area contributed by atoms with Crippen molar-refractivity contribution in [2.45, 2.75) is 19.9 Å². The fourth-order valence-electron chi connectivity index (χ4n) is 4.06. The summed E-state index contributed by atoms with van der Waals surface area (Å²) < 4.78 is 10.8. The summed E-state index contributed by atoms with van der Waals surface area (Å²) >= 11 is 7.98. The molecule has 0 aliphatic carbocycles. The summed E-state index contributed by atoms with van der Waals surface area (Å²) in [7, 11) is 1.61. The largest absolute Gasteiger partial charge is 0.497 e. The number of methoxy groups -OCH3 is 1. The van der Waals surface area contributed by atoms with Crippen LogP contribution in [0.15, 0.2) is 48.5 Å². The molecule has 3 aromatic rings. The zero-order valence-electron chi connectivity index (χ0n) is 18.5. The number of morpholine rings is 1. The van der Waals surface area contributed by atoms with Gasteiger partial charge in [-0.2, -0.15) is 0 Å². The Morgan fingerprint density at radius 3 is 2.53 bits per heavy atom. The molecule has 7 heteroatoms. The van der Waals surface area contributed by atoms with Crippen LogP contribution in [0.4, 0.5) is 5.00 Å². The summed E-state index contributed by atoms with van der Waals surface area (Å²) in [6.07, 6.45) is 0. The number of rotatable bonds is 6. The van der Waals surface area contributed by atoms with E-state index in [0.717, 1.165) is 35.0 Å². The van der Waals surface area contributed by atoms with Gasteiger partial charge in [-0.15, -0.1) is 11.3 Å². The third-order valence-electron chi connectivity index (χ3n) is 5.86. The lowest BCUT2D eigenvalue weighted by molar-refractivity contribution is 0.0240. The number of hydrogen-bond acceptors (Lipinski definition) is 5. The summed E-state index contributed by atoms with van der Waals surface area (Å²) in [6, 6.07) is 15.1. The van der Waals surface area contributed by atoms with E-state index in [1.165, 1.54) is 10.4 Å². The zero-order valence-corrected chi connectivity index (χ0v) is 20.1. The minimum atomic E-state index is -0.137. The normalized spacial score (nSPS) is 15.4. The van der Waals surface area contributed by atoms with Crippen molar-refractivity contribution in [1.29, 1.82) is 0 Å². The molecule has 0 saturated carbocycles. The smallest absolute Gasteiger partial charge is 0.256 e. The first-order chi connectivity index (χ1) is 15.5. The minimum absolute atomic E-state index is 0.0197. The summed E-state index contributed by atoms with van der Waals surface area (Å²) in [4.78, 5) is 16.7. The standard InChI is InChI=1S/C25H27ClN2O3S/c1-16-17(2)32-25(27-24(29)18-7-9-21(30-3)10-8-18)22(16)23(28-11-13-31-14-12-28)19-5-4-6-20(26)15-19/h4-10,15,23H,11-14H2,1-3H3,(H,27,29). The van der Waals surface area contributed by atoms with Gasteiger partial charge in [0.05, 0.1) is 26.4 Å². The average molecular weight is 471 g/mol. The molecule has 1 aliphatic rings. The number of halogens is 1. The number of anilines is 1. The fraction of sp³-hybridized carbons (Fsp3) is 0.320. The van der Waals surface area contributed by atoms with Crippen LogP contribution in [0.3, 0.4) is 0 Å². The van der Waals surface area contributed by atoms with Gasteiger partial charge in [-0.25, -0.2) is 0 Å². The molecule has 168 valence electrons. The van der Waals surface area contributed by atoms with Gasteiger partial charge in [-0.3, -0.25) is 9.69 Å². The number of nitrogens with one attached hydrogen (secondary N) is 1. The SMILES string of the molecule is COc1ccc(C(=O)Nc2sc(C)c(C)c2C(c2cccc(Cl)c2)N2CCOCC2)cc1. The van der Waals surface area contributed by atoms with E-state index < -0.39 is 0 Å². The molecule has 5 nitrogen and oxygen atoms in total. The van der Waals surface area contributed by atoms with Crippen LogP contribution in [0.2, 0.25) is 5.02 Å². The Morgan fingerprint density at radius 1 is 1.16 bits per heavy atom. The van der Waals surface area contributed by atoms with E-state index in [4.69, 9.17) is 21.1 Å². The molecule has 1 saturated heterocycles. The van der Waals surface area contributed by atoms with E-state index in [9.17, 15) is 4.79 Å². The van der Waals surface area contributed by atoms with E-state index >= 15 is 0 Å². The van der Waals surface area contributed by atoms with Gasteiger partial charge < -0.3 is 14.8 Å². The van der Waals surface area contributed by atoms with Crippen molar-refractivity contribution in [2.24, 2.45) is 0 Å². The maximum absolute atomic E-state index is 13.1. The van der Waals surface area contributed by atoms with Crippen LogP contribution in [-0.4, -0.2) is 44.2 Å². The third-order valence-corrected chi connectivity index (χ3v) is 7.23. The molecule has 0 spiro atoms. The van der Waals surface area contributed by atoms with Gasteiger partial charge in [0, 0.05) is 34.1 Å². The number of thiophene rings is 1. The van der Waals surface area contributed by atoms with Crippen molar-refractivity contribution in [3.05, 3.63) is 80.7 Å². The van der Waals surface area contributed by atoms with Crippen LogP contribution < -0.4 is 10.1 Å². The first-order valence-corrected chi connectivity index (χ1v) is 11.8. The van der Waals surface area contributed by atoms with Gasteiger partial charge >= 0.3 is 0 Å². The highest BCUT2D eigenvalue weighted by atomic mass is 35.5. The van der Waals surface area contributed by atoms with Crippen LogP contribution >= 0.6 is 22.9 Å². The quantitative estimate of drug-likeness (QED) is 0.502. The maximum Gasteiger partial charge on any atom is 0.256 e. The Balaban J connectivity index is 1.73. The Bertz CT molecular complexity index is 1090. The number of aryl methyl sites for hydroxylation is 1. The molecular formula is C25H27ClN2O3S. The molecule has 1 fully saturated rings. The molecule has 2 aromatic carbocycles. The molecule has 1 atom stereocenters. The predicted molar refractivity (Wildman–Crippen MR) is 130 cm³/mol. The predicted octanol–water partition coefficient (Wildman–Crippen LogP) is 5.70. The number of carbonyl (C=O) groups is 1. The molecule has 4 rings (SSSR count). The number of carbonyl (C=O) groups excluding carboxylic acids is 1. The first-order valence-electron chi connectivity index (χ1n) is 10.6. The summed E-state index contributed by atoms with van der Waals surface area (Å²) in [5.74, 6) is 0.584. The fourth-order valence-corrected chi connectivity index (χ4v) is 5.34. The van der Waals surface area contributed by atoms with Gasteiger partial charge in [-0.1, -0.05) is 23.7 Å². The van der Waals surface area contributed by atoms with Crippen molar-refractivity contribution < 1.29 is 14.3 Å². The molecule has 0 bridgehead atoms. The molecular weight excluding hydrogens is 444 g/mol. The summed E-state index contributed by atoms with van der Waals surface area (Å²) in [6.45, 7) is 7.23. The van der Waals surface area contributed by atoms with Gasteiger partial charge in [0.15, 0.2) is 0 Å². The summed E-state index contributed by atoms with van der Waals surface area (Å²) in [5.41, 5.74) is 4.02. The topological polar surface area (TPSA) is 50.8 Å². The van der Waals surface area contributed by atoms with E-state index in [0.29, 0.717) is 23.8 Å². The maximum atomic E-state index is 13.1. The van der Waals surface area contributed by atoms with Crippen molar-refractivity contribution in [1.82, 2.24) is 4.90 Å². The molecule has 1 aliphatic heterocycles. The highest BCUT2D eigenvalue weighted by molar-refractivity contribution is 7.16. The lowest BCUT2D eigenvalue weighted by atomic mass is 9.94. The molecule has 2 heterocycles. The molecule has 1 N–H and O–H groups in total. The second-order valence-electron chi connectivity index (χ2n) is 7.81. The highest BCUT2D eigenvalue weighted by Gasteiger charge is 2.30. The van der Waals surface area contributed by atoms with Crippen molar-refractivity contribution in [3.63, 3.8) is 0 Å². The Hall–Kier alpha value is -2.38. The summed E-state index contributed by atoms with van der Waals surface area (Å²) in [5, 5.41) is 4.75. The Morgan fingerprint density at radius 2 is 1.88 bits per heavy atom. The van der Waals surface area contributed by atoms with Crippen LogP contribution in [0.25, 0.3) is 0 Å². The number of benzene rings is 2. The minimum Gasteiger partial charge on any atom is -0.497 e. The van der Waals surface area contributed by atoms with E-state index in [1.54, 1.807) is 42.7 Å². The number of hydrogen-bond donors (Lipinski definition) is 1. The molecule has 1 amide bonds.